The molecule has 1 nitrogen and oxygen atoms in total. The summed E-state index contributed by atoms with van der Waals surface area (Å²) in [6, 6.07) is 0. The minimum absolute atomic E-state index is 0.335. The van der Waals surface area contributed by atoms with Crippen LogP contribution in [0.1, 0.15) is 54.9 Å². The maximum absolute atomic E-state index is 4.39. The molecule has 0 aliphatic rings. The quantitative estimate of drug-likeness (QED) is 0.482. The van der Waals surface area contributed by atoms with E-state index in [4.69, 9.17) is 0 Å². The summed E-state index contributed by atoms with van der Waals surface area (Å²) in [6.45, 7) is 23.9. The molecule has 0 amide bonds. The smallest absolute Gasteiger partial charge is 0.0261 e. The molecule has 0 radical (unpaired) electrons. The highest BCUT2D eigenvalue weighted by atomic mass is 15.1. The van der Waals surface area contributed by atoms with Crippen LogP contribution >= 0.6 is 0 Å². The van der Waals surface area contributed by atoms with Crippen molar-refractivity contribution in [3.8, 4) is 0 Å². The molecule has 0 rings (SSSR count). The van der Waals surface area contributed by atoms with Crippen molar-refractivity contribution < 1.29 is 0 Å². The van der Waals surface area contributed by atoms with Crippen molar-refractivity contribution in [2.45, 2.75) is 54.9 Å². The van der Waals surface area contributed by atoms with Crippen LogP contribution in [0.2, 0.25) is 0 Å². The summed E-state index contributed by atoms with van der Waals surface area (Å²) in [5, 5.41) is 0. The molecule has 0 aromatic rings. The number of rotatable bonds is 8. The van der Waals surface area contributed by atoms with Gasteiger partial charge in [-0.2, -0.15) is 0 Å². The molecule has 120 valence electrons. The standard InChI is InChI=1S/C20H35N/c1-11-12-19(13-14(2)3)20(17(8)15(4)5)18(9)21(10)16(6)7/h12-13,15,17,20H,6,9,11H2,1-5,7-8,10H3/b19-12+. The van der Waals surface area contributed by atoms with E-state index in [0.717, 1.165) is 17.8 Å². The molecule has 0 aliphatic heterocycles. The zero-order valence-electron chi connectivity index (χ0n) is 15.5. The Labute approximate surface area is 133 Å². The largest absolute Gasteiger partial charge is 0.352 e. The normalized spacial score (nSPS) is 14.6. The molecule has 2 atom stereocenters. The maximum atomic E-state index is 4.39. The van der Waals surface area contributed by atoms with Crippen molar-refractivity contribution in [1.82, 2.24) is 4.90 Å². The highest BCUT2D eigenvalue weighted by Crippen LogP contribution is 2.35. The molecule has 2 unspecified atom stereocenters. The monoisotopic (exact) mass is 289 g/mol. The van der Waals surface area contributed by atoms with Crippen LogP contribution in [0.5, 0.6) is 0 Å². The lowest BCUT2D eigenvalue weighted by Gasteiger charge is -2.35. The van der Waals surface area contributed by atoms with E-state index >= 15 is 0 Å². The van der Waals surface area contributed by atoms with E-state index in [1.165, 1.54) is 11.1 Å². The average Bonchev–Trinajstić information content (AvgIpc) is 2.36. The summed E-state index contributed by atoms with van der Waals surface area (Å²) in [5.74, 6) is 1.48. The first-order valence-electron chi connectivity index (χ1n) is 8.06. The Bertz CT molecular complexity index is 419. The molecule has 0 saturated carbocycles. The third kappa shape index (κ3) is 5.95. The molecule has 0 aromatic heterocycles. The van der Waals surface area contributed by atoms with E-state index in [9.17, 15) is 0 Å². The Morgan fingerprint density at radius 1 is 1.10 bits per heavy atom. The van der Waals surface area contributed by atoms with Gasteiger partial charge >= 0.3 is 0 Å². The van der Waals surface area contributed by atoms with Crippen LogP contribution in [0.25, 0.3) is 0 Å². The van der Waals surface area contributed by atoms with E-state index < -0.39 is 0 Å². The molecule has 0 saturated heterocycles. The Balaban J connectivity index is 5.80. The van der Waals surface area contributed by atoms with Crippen LogP contribution < -0.4 is 0 Å². The van der Waals surface area contributed by atoms with Crippen molar-refractivity contribution in [3.63, 3.8) is 0 Å². The average molecular weight is 290 g/mol. The Morgan fingerprint density at radius 2 is 1.62 bits per heavy atom. The zero-order valence-corrected chi connectivity index (χ0v) is 15.5. The summed E-state index contributed by atoms with van der Waals surface area (Å²) >= 11 is 0. The van der Waals surface area contributed by atoms with Gasteiger partial charge in [-0.3, -0.25) is 0 Å². The van der Waals surface area contributed by atoms with E-state index in [0.29, 0.717) is 17.8 Å². The fraction of sp³-hybridized carbons (Fsp3) is 0.600. The molecule has 0 fully saturated rings. The number of allylic oxidation sites excluding steroid dienone is 5. The van der Waals surface area contributed by atoms with Gasteiger partial charge in [-0.25, -0.2) is 0 Å². The lowest BCUT2D eigenvalue weighted by atomic mass is 9.77. The molecule has 21 heavy (non-hydrogen) atoms. The van der Waals surface area contributed by atoms with E-state index in [1.807, 2.05) is 6.92 Å². The number of hydrogen-bond donors (Lipinski definition) is 0. The molecule has 0 aliphatic carbocycles. The van der Waals surface area contributed by atoms with Gasteiger partial charge in [0.15, 0.2) is 0 Å². The number of nitrogens with zero attached hydrogens (tertiary/aromatic N) is 1. The summed E-state index contributed by atoms with van der Waals surface area (Å²) in [7, 11) is 2.07. The van der Waals surface area contributed by atoms with Crippen LogP contribution in [-0.2, 0) is 0 Å². The predicted molar refractivity (Wildman–Crippen MR) is 97.0 cm³/mol. The third-order valence-electron chi connectivity index (χ3n) is 4.19. The summed E-state index contributed by atoms with van der Waals surface area (Å²) in [5.41, 5.74) is 4.90. The SMILES string of the molecule is C=C(C)N(C)C(=C)C(/C(C=C(C)C)=C/CC)C(C)C(C)C. The van der Waals surface area contributed by atoms with E-state index in [1.54, 1.807) is 0 Å². The van der Waals surface area contributed by atoms with Gasteiger partial charge in [-0.1, -0.05) is 58.6 Å². The topological polar surface area (TPSA) is 3.24 Å². The van der Waals surface area contributed by atoms with Gasteiger partial charge in [0, 0.05) is 24.4 Å². The van der Waals surface area contributed by atoms with E-state index in [-0.39, 0.29) is 0 Å². The van der Waals surface area contributed by atoms with Crippen molar-refractivity contribution in [2.24, 2.45) is 17.8 Å². The van der Waals surface area contributed by atoms with Gasteiger partial charge in [-0.05, 0) is 44.6 Å². The van der Waals surface area contributed by atoms with Crippen LogP contribution in [0.3, 0.4) is 0 Å². The minimum atomic E-state index is 0.335. The van der Waals surface area contributed by atoms with Crippen LogP contribution in [0, 0.1) is 17.8 Å². The molecule has 0 aromatic carbocycles. The van der Waals surface area contributed by atoms with Gasteiger partial charge < -0.3 is 4.90 Å². The molecule has 0 N–H and O–H groups in total. The second kappa shape index (κ2) is 8.92. The molecule has 0 heterocycles. The molecule has 1 heteroatoms. The van der Waals surface area contributed by atoms with Crippen molar-refractivity contribution >= 4 is 0 Å². The van der Waals surface area contributed by atoms with Crippen molar-refractivity contribution in [3.05, 3.63) is 47.9 Å². The summed E-state index contributed by atoms with van der Waals surface area (Å²) < 4.78 is 0. The Hall–Kier alpha value is -1.24. The zero-order chi connectivity index (χ0) is 16.7. The molecule has 0 bridgehead atoms. The second-order valence-electron chi connectivity index (χ2n) is 6.70. The first-order valence-corrected chi connectivity index (χ1v) is 8.06. The van der Waals surface area contributed by atoms with Crippen LogP contribution in [0.15, 0.2) is 47.9 Å². The first-order chi connectivity index (χ1) is 9.63. The first kappa shape index (κ1) is 19.8. The Kier molecular flexibility index (Phi) is 8.39. The lowest BCUT2D eigenvalue weighted by Crippen LogP contribution is -2.28. The molecular weight excluding hydrogens is 254 g/mol. The minimum Gasteiger partial charge on any atom is -0.352 e. The predicted octanol–water partition coefficient (Wildman–Crippen LogP) is 6.18. The van der Waals surface area contributed by atoms with Gasteiger partial charge in [0.1, 0.15) is 0 Å². The van der Waals surface area contributed by atoms with E-state index in [2.05, 4.69) is 78.8 Å². The maximum Gasteiger partial charge on any atom is 0.0261 e. The molecular formula is C20H35N. The molecule has 0 spiro atoms. The van der Waals surface area contributed by atoms with Gasteiger partial charge in [-0.15, -0.1) is 0 Å². The Morgan fingerprint density at radius 3 is 1.95 bits per heavy atom. The summed E-state index contributed by atoms with van der Waals surface area (Å²) in [4.78, 5) is 2.13. The van der Waals surface area contributed by atoms with Gasteiger partial charge in [0.25, 0.3) is 0 Å². The second-order valence-corrected chi connectivity index (χ2v) is 6.70. The summed E-state index contributed by atoms with van der Waals surface area (Å²) in [6.07, 6.45) is 5.70. The fourth-order valence-corrected chi connectivity index (χ4v) is 2.48. The van der Waals surface area contributed by atoms with Gasteiger partial charge in [0.05, 0.1) is 0 Å². The lowest BCUT2D eigenvalue weighted by molar-refractivity contribution is 0.305. The fourth-order valence-electron chi connectivity index (χ4n) is 2.48. The van der Waals surface area contributed by atoms with Crippen molar-refractivity contribution in [1.29, 1.82) is 0 Å². The van der Waals surface area contributed by atoms with Gasteiger partial charge in [0.2, 0.25) is 0 Å². The van der Waals surface area contributed by atoms with Crippen LogP contribution in [0.4, 0.5) is 0 Å². The third-order valence-corrected chi connectivity index (χ3v) is 4.19. The van der Waals surface area contributed by atoms with Crippen LogP contribution in [-0.4, -0.2) is 11.9 Å². The number of hydrogen-bond acceptors (Lipinski definition) is 1. The highest BCUT2D eigenvalue weighted by Gasteiger charge is 2.27. The highest BCUT2D eigenvalue weighted by molar-refractivity contribution is 5.32. The van der Waals surface area contributed by atoms with Crippen molar-refractivity contribution in [2.75, 3.05) is 7.05 Å².